The maximum Gasteiger partial charge on any atom is 0.321 e. The third kappa shape index (κ3) is 4.93. The lowest BCUT2D eigenvalue weighted by Gasteiger charge is -2.13. The standard InChI is InChI=1S/C14H17ClN6O2S/c1-8(2)16-13(23)17-12(22)9(3)24-14-18-19-20-21(14)11-6-4-5-10(15)7-11/h4-9H,1-3H3,(H2,16,17,22,23)/t9-/m1/s1. The molecule has 0 aliphatic rings. The van der Waals surface area contributed by atoms with Gasteiger partial charge in [-0.3, -0.25) is 10.1 Å². The average molecular weight is 369 g/mol. The van der Waals surface area contributed by atoms with E-state index in [0.29, 0.717) is 15.9 Å². The maximum absolute atomic E-state index is 12.1. The van der Waals surface area contributed by atoms with Crippen LogP contribution in [0.2, 0.25) is 5.02 Å². The number of nitrogens with zero attached hydrogens (tertiary/aromatic N) is 4. The summed E-state index contributed by atoms with van der Waals surface area (Å²) < 4.78 is 1.48. The van der Waals surface area contributed by atoms with Gasteiger partial charge in [-0.1, -0.05) is 29.4 Å². The Morgan fingerprint density at radius 2 is 2.04 bits per heavy atom. The molecule has 10 heteroatoms. The zero-order valence-corrected chi connectivity index (χ0v) is 14.9. The number of nitrogens with one attached hydrogen (secondary N) is 2. The second-order valence-electron chi connectivity index (χ2n) is 5.23. The highest BCUT2D eigenvalue weighted by molar-refractivity contribution is 8.00. The number of thioether (sulfide) groups is 1. The Morgan fingerprint density at radius 1 is 1.29 bits per heavy atom. The molecule has 1 heterocycles. The predicted molar refractivity (Wildman–Crippen MR) is 91.3 cm³/mol. The van der Waals surface area contributed by atoms with Crippen molar-refractivity contribution in [2.24, 2.45) is 0 Å². The molecule has 3 amide bonds. The molecular formula is C14H17ClN6O2S. The number of carbonyl (C=O) groups is 2. The lowest BCUT2D eigenvalue weighted by Crippen LogP contribution is -2.45. The van der Waals surface area contributed by atoms with Crippen molar-refractivity contribution in [3.8, 4) is 5.69 Å². The van der Waals surface area contributed by atoms with Crippen molar-refractivity contribution in [3.05, 3.63) is 29.3 Å². The molecule has 2 rings (SSSR count). The zero-order chi connectivity index (χ0) is 17.7. The number of hydrogen-bond donors (Lipinski definition) is 2. The summed E-state index contributed by atoms with van der Waals surface area (Å²) in [5, 5.41) is 16.7. The Morgan fingerprint density at radius 3 is 2.71 bits per heavy atom. The van der Waals surface area contributed by atoms with Crippen LogP contribution in [-0.2, 0) is 4.79 Å². The monoisotopic (exact) mass is 368 g/mol. The molecule has 128 valence electrons. The molecule has 0 unspecified atom stereocenters. The molecule has 1 aromatic heterocycles. The van der Waals surface area contributed by atoms with Crippen LogP contribution in [0.5, 0.6) is 0 Å². The summed E-state index contributed by atoms with van der Waals surface area (Å²) in [7, 11) is 0. The van der Waals surface area contributed by atoms with E-state index < -0.39 is 17.2 Å². The fraction of sp³-hybridized carbons (Fsp3) is 0.357. The number of imide groups is 1. The van der Waals surface area contributed by atoms with Gasteiger partial charge >= 0.3 is 6.03 Å². The van der Waals surface area contributed by atoms with Crippen LogP contribution in [0, 0.1) is 0 Å². The topological polar surface area (TPSA) is 102 Å². The highest BCUT2D eigenvalue weighted by Crippen LogP contribution is 2.24. The second kappa shape index (κ2) is 8.11. The minimum absolute atomic E-state index is 0.0594. The molecule has 0 aliphatic heterocycles. The van der Waals surface area contributed by atoms with Gasteiger partial charge in [-0.2, -0.15) is 4.68 Å². The largest absolute Gasteiger partial charge is 0.336 e. The fourth-order valence-corrected chi connectivity index (χ4v) is 2.74. The number of tetrazole rings is 1. The zero-order valence-electron chi connectivity index (χ0n) is 13.4. The van der Waals surface area contributed by atoms with Gasteiger partial charge < -0.3 is 5.32 Å². The van der Waals surface area contributed by atoms with E-state index in [2.05, 4.69) is 26.2 Å². The molecule has 0 radical (unpaired) electrons. The molecule has 2 N–H and O–H groups in total. The van der Waals surface area contributed by atoms with E-state index in [1.165, 1.54) is 4.68 Å². The first-order chi connectivity index (χ1) is 11.4. The first-order valence-electron chi connectivity index (χ1n) is 7.19. The number of halogens is 1. The Bertz CT molecular complexity index is 736. The van der Waals surface area contributed by atoms with Crippen LogP contribution < -0.4 is 10.6 Å². The number of urea groups is 1. The summed E-state index contributed by atoms with van der Waals surface area (Å²) >= 11 is 7.11. The number of benzene rings is 1. The molecule has 8 nitrogen and oxygen atoms in total. The third-order valence-corrected chi connectivity index (χ3v) is 4.07. The Labute approximate surface area is 148 Å². The van der Waals surface area contributed by atoms with Gasteiger partial charge in [-0.25, -0.2) is 4.79 Å². The van der Waals surface area contributed by atoms with Crippen LogP contribution in [0.4, 0.5) is 4.79 Å². The predicted octanol–water partition coefficient (Wildman–Crippen LogP) is 2.03. The van der Waals surface area contributed by atoms with Crippen molar-refractivity contribution < 1.29 is 9.59 Å². The van der Waals surface area contributed by atoms with E-state index >= 15 is 0 Å². The fourth-order valence-electron chi connectivity index (χ4n) is 1.75. The molecule has 0 saturated carbocycles. The maximum atomic E-state index is 12.1. The van der Waals surface area contributed by atoms with E-state index in [0.717, 1.165) is 11.8 Å². The van der Waals surface area contributed by atoms with Gasteiger partial charge in [0, 0.05) is 11.1 Å². The van der Waals surface area contributed by atoms with Gasteiger partial charge in [0.2, 0.25) is 11.1 Å². The van der Waals surface area contributed by atoms with Crippen LogP contribution in [0.25, 0.3) is 5.69 Å². The molecular weight excluding hydrogens is 352 g/mol. The van der Waals surface area contributed by atoms with Crippen LogP contribution >= 0.6 is 23.4 Å². The summed E-state index contributed by atoms with van der Waals surface area (Å²) in [5.74, 6) is -0.432. The van der Waals surface area contributed by atoms with Crippen molar-refractivity contribution in [1.82, 2.24) is 30.8 Å². The highest BCUT2D eigenvalue weighted by atomic mass is 35.5. The van der Waals surface area contributed by atoms with Gasteiger partial charge in [0.15, 0.2) is 0 Å². The number of carbonyl (C=O) groups excluding carboxylic acids is 2. The molecule has 0 spiro atoms. The minimum atomic E-state index is -0.563. The molecule has 2 aromatic rings. The number of hydrogen-bond acceptors (Lipinski definition) is 6. The lowest BCUT2D eigenvalue weighted by atomic mass is 10.3. The SMILES string of the molecule is CC(C)NC(=O)NC(=O)[C@@H](C)Sc1nnnn1-c1cccc(Cl)c1. The van der Waals surface area contributed by atoms with Gasteiger partial charge in [-0.05, 0) is 49.4 Å². The molecule has 0 fully saturated rings. The van der Waals surface area contributed by atoms with E-state index in [9.17, 15) is 9.59 Å². The lowest BCUT2D eigenvalue weighted by molar-refractivity contribution is -0.119. The van der Waals surface area contributed by atoms with Gasteiger partial charge in [0.1, 0.15) is 0 Å². The number of amides is 3. The number of aromatic nitrogens is 4. The van der Waals surface area contributed by atoms with Crippen LogP contribution in [-0.4, -0.2) is 43.4 Å². The Balaban J connectivity index is 2.05. The quantitative estimate of drug-likeness (QED) is 0.783. The first kappa shape index (κ1) is 18.2. The van der Waals surface area contributed by atoms with Crippen molar-refractivity contribution in [1.29, 1.82) is 0 Å². The smallest absolute Gasteiger partial charge is 0.321 e. The molecule has 24 heavy (non-hydrogen) atoms. The van der Waals surface area contributed by atoms with Crippen molar-refractivity contribution in [3.63, 3.8) is 0 Å². The normalized spacial score (nSPS) is 12.0. The summed E-state index contributed by atoms with van der Waals surface area (Å²) in [6, 6.07) is 6.44. The van der Waals surface area contributed by atoms with Crippen molar-refractivity contribution >= 4 is 35.3 Å². The van der Waals surface area contributed by atoms with Crippen LogP contribution in [0.3, 0.4) is 0 Å². The van der Waals surface area contributed by atoms with Crippen molar-refractivity contribution in [2.75, 3.05) is 0 Å². The summed E-state index contributed by atoms with van der Waals surface area (Å²) in [6.45, 7) is 5.28. The Hall–Kier alpha value is -2.13. The van der Waals surface area contributed by atoms with E-state index in [4.69, 9.17) is 11.6 Å². The molecule has 0 bridgehead atoms. The Kier molecular flexibility index (Phi) is 6.16. The molecule has 1 atom stereocenters. The highest BCUT2D eigenvalue weighted by Gasteiger charge is 2.21. The average Bonchev–Trinajstić information content (AvgIpc) is 2.94. The van der Waals surface area contributed by atoms with Crippen LogP contribution in [0.1, 0.15) is 20.8 Å². The van der Waals surface area contributed by atoms with Gasteiger partial charge in [0.05, 0.1) is 10.9 Å². The van der Waals surface area contributed by atoms with Crippen LogP contribution in [0.15, 0.2) is 29.4 Å². The molecule has 0 saturated heterocycles. The van der Waals surface area contributed by atoms with E-state index in [1.54, 1.807) is 45.0 Å². The summed E-state index contributed by atoms with van der Waals surface area (Å²) in [5.41, 5.74) is 0.681. The van der Waals surface area contributed by atoms with Gasteiger partial charge in [0.25, 0.3) is 0 Å². The summed E-state index contributed by atoms with van der Waals surface area (Å²) in [6.07, 6.45) is 0. The van der Waals surface area contributed by atoms with E-state index in [1.807, 2.05) is 0 Å². The number of rotatable bonds is 5. The minimum Gasteiger partial charge on any atom is -0.336 e. The third-order valence-electron chi connectivity index (χ3n) is 2.80. The summed E-state index contributed by atoms with van der Waals surface area (Å²) in [4.78, 5) is 23.7. The molecule has 1 aromatic carbocycles. The van der Waals surface area contributed by atoms with E-state index in [-0.39, 0.29) is 6.04 Å². The van der Waals surface area contributed by atoms with Crippen molar-refractivity contribution in [2.45, 2.75) is 37.2 Å². The molecule has 0 aliphatic carbocycles. The first-order valence-corrected chi connectivity index (χ1v) is 8.45. The second-order valence-corrected chi connectivity index (χ2v) is 6.98. The van der Waals surface area contributed by atoms with Gasteiger partial charge in [-0.15, -0.1) is 5.10 Å².